The lowest BCUT2D eigenvalue weighted by molar-refractivity contribution is -0.155. The van der Waals surface area contributed by atoms with E-state index in [4.69, 9.17) is 0 Å². The molecule has 3 rings (SSSR count). The summed E-state index contributed by atoms with van der Waals surface area (Å²) in [6.45, 7) is 7.18. The van der Waals surface area contributed by atoms with Crippen molar-refractivity contribution < 1.29 is 19.2 Å². The second kappa shape index (κ2) is 11.2. The summed E-state index contributed by atoms with van der Waals surface area (Å²) in [7, 11) is 2.06. The van der Waals surface area contributed by atoms with Crippen molar-refractivity contribution in [3.05, 3.63) is 17.3 Å². The number of nitrogens with zero attached hydrogens (tertiary/aromatic N) is 5. The molecular formula is C23H37FN6O3. The standard InChI is InChI=1S/C23H37FN6O3/c1-15-16(2)30(10-9-28(15)4)22-21(24)20(26-17(3)27-22)12-25-23(32)19(13-29(33)14-31)11-18-7-5-6-8-18/h14-16,18-19,33H,5-13H2,1-4H3,(H,25,32)/t15-,16-,19-/m1/s1. The van der Waals surface area contributed by atoms with Gasteiger partial charge in [0.2, 0.25) is 12.3 Å². The number of aryl methyl sites for hydroxylation is 1. The molecule has 10 heteroatoms. The van der Waals surface area contributed by atoms with Gasteiger partial charge in [-0.05, 0) is 40.2 Å². The predicted molar refractivity (Wildman–Crippen MR) is 122 cm³/mol. The van der Waals surface area contributed by atoms with E-state index in [-0.39, 0.29) is 42.6 Å². The van der Waals surface area contributed by atoms with Gasteiger partial charge in [-0.2, -0.15) is 0 Å². The lowest BCUT2D eigenvalue weighted by Gasteiger charge is -2.44. The summed E-state index contributed by atoms with van der Waals surface area (Å²) >= 11 is 0. The van der Waals surface area contributed by atoms with Crippen molar-refractivity contribution in [2.45, 2.75) is 71.5 Å². The quantitative estimate of drug-likeness (QED) is 0.328. The number of carbonyl (C=O) groups is 2. The van der Waals surface area contributed by atoms with Gasteiger partial charge < -0.3 is 10.2 Å². The largest absolute Gasteiger partial charge is 0.350 e. The number of amides is 2. The van der Waals surface area contributed by atoms with Crippen LogP contribution >= 0.6 is 0 Å². The lowest BCUT2D eigenvalue weighted by atomic mass is 9.92. The maximum absolute atomic E-state index is 15.5. The van der Waals surface area contributed by atoms with E-state index in [0.29, 0.717) is 36.2 Å². The van der Waals surface area contributed by atoms with E-state index in [1.165, 1.54) is 0 Å². The van der Waals surface area contributed by atoms with E-state index in [1.54, 1.807) is 6.92 Å². The number of piperazine rings is 1. The second-order valence-corrected chi connectivity index (χ2v) is 9.54. The van der Waals surface area contributed by atoms with Crippen molar-refractivity contribution in [3.63, 3.8) is 0 Å². The van der Waals surface area contributed by atoms with E-state index < -0.39 is 11.7 Å². The zero-order valence-electron chi connectivity index (χ0n) is 20.1. The van der Waals surface area contributed by atoms with E-state index in [2.05, 4.69) is 41.1 Å². The fourth-order valence-corrected chi connectivity index (χ4v) is 5.01. The summed E-state index contributed by atoms with van der Waals surface area (Å²) in [5.74, 6) is -0.294. The molecule has 2 fully saturated rings. The molecule has 2 amide bonds. The van der Waals surface area contributed by atoms with Gasteiger partial charge in [0.1, 0.15) is 11.5 Å². The van der Waals surface area contributed by atoms with Crippen LogP contribution in [0.25, 0.3) is 0 Å². The van der Waals surface area contributed by atoms with Crippen LogP contribution in [0.15, 0.2) is 0 Å². The molecule has 1 aromatic heterocycles. The predicted octanol–water partition coefficient (Wildman–Crippen LogP) is 2.11. The maximum Gasteiger partial charge on any atom is 0.233 e. The highest BCUT2D eigenvalue weighted by Crippen LogP contribution is 2.31. The highest BCUT2D eigenvalue weighted by atomic mass is 19.1. The van der Waals surface area contributed by atoms with Crippen LogP contribution < -0.4 is 10.2 Å². The van der Waals surface area contributed by atoms with Gasteiger partial charge in [0, 0.05) is 25.2 Å². The minimum Gasteiger partial charge on any atom is -0.350 e. The van der Waals surface area contributed by atoms with Crippen molar-refractivity contribution >= 4 is 18.1 Å². The van der Waals surface area contributed by atoms with E-state index in [0.717, 1.165) is 32.2 Å². The molecule has 1 aromatic rings. The van der Waals surface area contributed by atoms with Crippen molar-refractivity contribution in [2.75, 3.05) is 31.6 Å². The minimum atomic E-state index is -0.563. The number of likely N-dealkylation sites (N-methyl/N-ethyl adjacent to an activating group) is 1. The Morgan fingerprint density at radius 1 is 1.27 bits per heavy atom. The smallest absolute Gasteiger partial charge is 0.233 e. The van der Waals surface area contributed by atoms with E-state index in [1.807, 2.05) is 4.90 Å². The Kier molecular flexibility index (Phi) is 8.58. The molecule has 0 spiro atoms. The first-order valence-corrected chi connectivity index (χ1v) is 11.9. The van der Waals surface area contributed by atoms with Gasteiger partial charge in [0.25, 0.3) is 0 Å². The second-order valence-electron chi connectivity index (χ2n) is 9.54. The molecule has 1 saturated carbocycles. The molecule has 184 valence electrons. The molecule has 0 radical (unpaired) electrons. The van der Waals surface area contributed by atoms with Gasteiger partial charge in [-0.25, -0.2) is 19.4 Å². The SMILES string of the molecule is Cc1nc(CNC(=O)[C@H](CC2CCCC2)CN(O)C=O)c(F)c(N2CCN(C)[C@H](C)[C@H]2C)n1. The number of anilines is 1. The van der Waals surface area contributed by atoms with Gasteiger partial charge in [-0.1, -0.05) is 25.7 Å². The van der Waals surface area contributed by atoms with Crippen LogP contribution in [0.5, 0.6) is 0 Å². The van der Waals surface area contributed by atoms with Gasteiger partial charge in [-0.15, -0.1) is 0 Å². The molecule has 2 heterocycles. The zero-order chi connectivity index (χ0) is 24.1. The van der Waals surface area contributed by atoms with Crippen LogP contribution in [0.4, 0.5) is 10.2 Å². The van der Waals surface area contributed by atoms with E-state index in [9.17, 15) is 14.8 Å². The third-order valence-electron chi connectivity index (χ3n) is 7.29. The number of nitrogens with one attached hydrogen (secondary N) is 1. The maximum atomic E-state index is 15.5. The minimum absolute atomic E-state index is 0.0738. The summed E-state index contributed by atoms with van der Waals surface area (Å²) < 4.78 is 15.5. The van der Waals surface area contributed by atoms with Gasteiger partial charge in [-0.3, -0.25) is 19.7 Å². The fourth-order valence-electron chi connectivity index (χ4n) is 5.01. The Morgan fingerprint density at radius 2 is 1.97 bits per heavy atom. The molecule has 0 aromatic carbocycles. The Bertz CT molecular complexity index is 835. The van der Waals surface area contributed by atoms with Crippen LogP contribution in [0.2, 0.25) is 0 Å². The average molecular weight is 465 g/mol. The third-order valence-corrected chi connectivity index (χ3v) is 7.29. The number of aromatic nitrogens is 2. The zero-order valence-corrected chi connectivity index (χ0v) is 20.1. The molecule has 1 saturated heterocycles. The molecule has 9 nitrogen and oxygen atoms in total. The molecule has 0 unspecified atom stereocenters. The van der Waals surface area contributed by atoms with Crippen LogP contribution in [-0.4, -0.2) is 76.2 Å². The number of rotatable bonds is 9. The van der Waals surface area contributed by atoms with Crippen molar-refractivity contribution in [1.82, 2.24) is 25.2 Å². The topological polar surface area (TPSA) is 102 Å². The molecule has 0 bridgehead atoms. The van der Waals surface area contributed by atoms with Crippen LogP contribution in [0.3, 0.4) is 0 Å². The highest BCUT2D eigenvalue weighted by Gasteiger charge is 2.32. The van der Waals surface area contributed by atoms with Gasteiger partial charge >= 0.3 is 0 Å². The van der Waals surface area contributed by atoms with Crippen molar-refractivity contribution in [3.8, 4) is 0 Å². The lowest BCUT2D eigenvalue weighted by Crippen LogP contribution is -2.56. The van der Waals surface area contributed by atoms with Gasteiger partial charge in [0.05, 0.1) is 19.0 Å². The number of halogens is 1. The monoisotopic (exact) mass is 464 g/mol. The fraction of sp³-hybridized carbons (Fsp3) is 0.739. The first-order chi connectivity index (χ1) is 15.7. The molecule has 1 aliphatic heterocycles. The first kappa shape index (κ1) is 25.3. The summed E-state index contributed by atoms with van der Waals surface area (Å²) in [4.78, 5) is 36.6. The Balaban J connectivity index is 1.72. The molecule has 1 aliphatic carbocycles. The first-order valence-electron chi connectivity index (χ1n) is 11.9. The number of hydrogen-bond acceptors (Lipinski definition) is 7. The average Bonchev–Trinajstić information content (AvgIpc) is 3.30. The summed E-state index contributed by atoms with van der Waals surface area (Å²) in [5, 5.41) is 12.9. The molecular weight excluding hydrogens is 427 g/mol. The molecule has 3 atom stereocenters. The van der Waals surface area contributed by atoms with Crippen molar-refractivity contribution in [1.29, 1.82) is 0 Å². The summed E-state index contributed by atoms with van der Waals surface area (Å²) in [6.07, 6.45) is 5.24. The summed E-state index contributed by atoms with van der Waals surface area (Å²) in [5.41, 5.74) is 0.139. The Labute approximate surface area is 195 Å². The van der Waals surface area contributed by atoms with Crippen molar-refractivity contribution in [2.24, 2.45) is 11.8 Å². The molecule has 2 N–H and O–H groups in total. The molecule has 2 aliphatic rings. The summed E-state index contributed by atoms with van der Waals surface area (Å²) in [6, 6.07) is 0.317. The Hall–Kier alpha value is -2.33. The molecule has 33 heavy (non-hydrogen) atoms. The Morgan fingerprint density at radius 3 is 2.64 bits per heavy atom. The normalized spacial score (nSPS) is 22.9. The van der Waals surface area contributed by atoms with Crippen LogP contribution in [0, 0.1) is 24.6 Å². The van der Waals surface area contributed by atoms with Crippen LogP contribution in [0.1, 0.15) is 57.5 Å². The van der Waals surface area contributed by atoms with Crippen LogP contribution in [-0.2, 0) is 16.1 Å². The number of hydrogen-bond donors (Lipinski definition) is 2. The number of carbonyl (C=O) groups excluding carboxylic acids is 2. The highest BCUT2D eigenvalue weighted by molar-refractivity contribution is 5.79. The van der Waals surface area contributed by atoms with E-state index >= 15 is 4.39 Å². The number of hydroxylamine groups is 2. The third kappa shape index (κ3) is 6.17. The van der Waals surface area contributed by atoms with Gasteiger partial charge in [0.15, 0.2) is 11.6 Å².